The van der Waals surface area contributed by atoms with Crippen molar-refractivity contribution in [2.24, 2.45) is 0 Å². The number of halogens is 5. The number of pyridine rings is 1. The Hall–Kier alpha value is -3.96. The van der Waals surface area contributed by atoms with Gasteiger partial charge in [-0.3, -0.25) is 14.3 Å². The number of carbonyl (C=O) groups excluding carboxylic acids is 1. The molecule has 12 heteroatoms. The number of aromatic amines is 1. The molecule has 3 aromatic heterocycles. The molecule has 0 aliphatic rings. The van der Waals surface area contributed by atoms with Gasteiger partial charge in [-0.1, -0.05) is 6.07 Å². The first kappa shape index (κ1) is 22.2. The number of hydrogen-bond acceptors (Lipinski definition) is 4. The maximum absolute atomic E-state index is 13.9. The first-order valence-corrected chi connectivity index (χ1v) is 9.54. The van der Waals surface area contributed by atoms with Gasteiger partial charge in [0.2, 0.25) is 0 Å². The molecule has 33 heavy (non-hydrogen) atoms. The first-order chi connectivity index (χ1) is 15.6. The smallest absolute Gasteiger partial charge is 0.437 e. The molecular weight excluding hydrogens is 449 g/mol. The van der Waals surface area contributed by atoms with E-state index in [-0.39, 0.29) is 34.0 Å². The molecule has 0 radical (unpaired) electrons. The zero-order chi connectivity index (χ0) is 23.9. The predicted octanol–water partition coefficient (Wildman–Crippen LogP) is 4.80. The molecule has 4 aromatic rings. The molecule has 0 saturated carbocycles. The third kappa shape index (κ3) is 4.11. The highest BCUT2D eigenvalue weighted by Gasteiger charge is 2.38. The van der Waals surface area contributed by atoms with Gasteiger partial charge in [0.1, 0.15) is 23.9 Å². The maximum Gasteiger partial charge on any atom is 0.437 e. The summed E-state index contributed by atoms with van der Waals surface area (Å²) in [6, 6.07) is 6.41. The standard InChI is InChI=1S/C21H16F5N5O2/c1-10-16(18(30-29-10)21(24,25)26)28-20(32)17-11(2)27-19-15(7-4-8-31(17)19)33-9-12-13(22)5-3-6-14(12)23/h3-8H,9H2,1-2H3,(H,28,32)(H,29,30). The molecular formula is C21H16F5N5O2. The van der Waals surface area contributed by atoms with Gasteiger partial charge in [0.05, 0.1) is 22.6 Å². The molecule has 2 N–H and O–H groups in total. The number of ether oxygens (including phenoxy) is 1. The molecule has 4 rings (SSSR count). The van der Waals surface area contributed by atoms with Crippen molar-refractivity contribution in [1.29, 1.82) is 0 Å². The normalized spacial score (nSPS) is 11.7. The van der Waals surface area contributed by atoms with E-state index in [0.29, 0.717) is 0 Å². The van der Waals surface area contributed by atoms with Crippen LogP contribution in [0.2, 0.25) is 0 Å². The summed E-state index contributed by atoms with van der Waals surface area (Å²) in [5.74, 6) is -2.29. The fraction of sp³-hybridized carbons (Fsp3) is 0.190. The average Bonchev–Trinajstić information content (AvgIpc) is 3.27. The zero-order valence-electron chi connectivity index (χ0n) is 17.2. The average molecular weight is 465 g/mol. The number of amides is 1. The second kappa shape index (κ2) is 8.19. The molecule has 0 bridgehead atoms. The van der Waals surface area contributed by atoms with Crippen LogP contribution in [-0.2, 0) is 12.8 Å². The van der Waals surface area contributed by atoms with Crippen LogP contribution in [-0.4, -0.2) is 25.5 Å². The van der Waals surface area contributed by atoms with Crippen molar-refractivity contribution in [3.63, 3.8) is 0 Å². The quantitative estimate of drug-likeness (QED) is 0.415. The van der Waals surface area contributed by atoms with E-state index in [2.05, 4.69) is 20.5 Å². The Kier molecular flexibility index (Phi) is 5.52. The summed E-state index contributed by atoms with van der Waals surface area (Å²) in [6.45, 7) is 2.40. The number of nitrogens with one attached hydrogen (secondary N) is 2. The van der Waals surface area contributed by atoms with E-state index >= 15 is 0 Å². The lowest BCUT2D eigenvalue weighted by molar-refractivity contribution is -0.140. The minimum absolute atomic E-state index is 0.0260. The highest BCUT2D eigenvalue weighted by molar-refractivity contribution is 6.05. The summed E-state index contributed by atoms with van der Waals surface area (Å²) in [7, 11) is 0. The highest BCUT2D eigenvalue weighted by atomic mass is 19.4. The fourth-order valence-corrected chi connectivity index (χ4v) is 3.32. The number of imidazole rings is 1. The van der Waals surface area contributed by atoms with Gasteiger partial charge in [0, 0.05) is 6.20 Å². The van der Waals surface area contributed by atoms with Gasteiger partial charge in [-0.15, -0.1) is 0 Å². The number of anilines is 1. The van der Waals surface area contributed by atoms with Crippen LogP contribution in [0.15, 0.2) is 36.5 Å². The number of carbonyl (C=O) groups is 1. The first-order valence-electron chi connectivity index (χ1n) is 9.54. The molecule has 0 aliphatic heterocycles. The van der Waals surface area contributed by atoms with Gasteiger partial charge in [-0.2, -0.15) is 18.3 Å². The summed E-state index contributed by atoms with van der Waals surface area (Å²) in [5, 5.41) is 7.67. The van der Waals surface area contributed by atoms with Gasteiger partial charge in [-0.05, 0) is 38.1 Å². The number of nitrogens with zero attached hydrogens (tertiary/aromatic N) is 3. The highest BCUT2D eigenvalue weighted by Crippen LogP contribution is 2.35. The number of aromatic nitrogens is 4. The van der Waals surface area contributed by atoms with Crippen LogP contribution < -0.4 is 10.1 Å². The molecule has 0 fully saturated rings. The van der Waals surface area contributed by atoms with Crippen molar-refractivity contribution < 1.29 is 31.5 Å². The van der Waals surface area contributed by atoms with Crippen molar-refractivity contribution in [1.82, 2.24) is 19.6 Å². The lowest BCUT2D eigenvalue weighted by atomic mass is 10.2. The van der Waals surface area contributed by atoms with Crippen LogP contribution in [0.3, 0.4) is 0 Å². The Balaban J connectivity index is 1.66. The van der Waals surface area contributed by atoms with Crippen molar-refractivity contribution >= 4 is 17.2 Å². The lowest BCUT2D eigenvalue weighted by Gasteiger charge is -2.11. The molecule has 172 valence electrons. The van der Waals surface area contributed by atoms with E-state index in [1.54, 1.807) is 0 Å². The molecule has 3 heterocycles. The van der Waals surface area contributed by atoms with Crippen LogP contribution >= 0.6 is 0 Å². The van der Waals surface area contributed by atoms with Crippen LogP contribution in [0.4, 0.5) is 27.6 Å². The van der Waals surface area contributed by atoms with Crippen molar-refractivity contribution in [2.75, 3.05) is 5.32 Å². The van der Waals surface area contributed by atoms with Gasteiger partial charge in [-0.25, -0.2) is 13.8 Å². The fourth-order valence-electron chi connectivity index (χ4n) is 3.32. The third-order valence-corrected chi connectivity index (χ3v) is 4.89. The van der Waals surface area contributed by atoms with Gasteiger partial charge in [0.15, 0.2) is 17.1 Å². The Morgan fingerprint density at radius 3 is 2.52 bits per heavy atom. The SMILES string of the molecule is Cc1nc2c(OCc3c(F)cccc3F)cccn2c1C(=O)Nc1c(C(F)(F)F)n[nH]c1C. The minimum Gasteiger partial charge on any atom is -0.485 e. The summed E-state index contributed by atoms with van der Waals surface area (Å²) >= 11 is 0. The summed E-state index contributed by atoms with van der Waals surface area (Å²) < 4.78 is 74.2. The number of alkyl halides is 3. The number of aryl methyl sites for hydroxylation is 2. The molecule has 0 spiro atoms. The number of hydrogen-bond donors (Lipinski definition) is 2. The van der Waals surface area contributed by atoms with Gasteiger partial charge >= 0.3 is 6.18 Å². The third-order valence-electron chi connectivity index (χ3n) is 4.89. The molecule has 0 saturated heterocycles. The Morgan fingerprint density at radius 1 is 1.15 bits per heavy atom. The Morgan fingerprint density at radius 2 is 1.85 bits per heavy atom. The van der Waals surface area contributed by atoms with Crippen LogP contribution in [0.1, 0.15) is 33.1 Å². The van der Waals surface area contributed by atoms with E-state index in [1.165, 1.54) is 42.6 Å². The van der Waals surface area contributed by atoms with Crippen LogP contribution in [0.25, 0.3) is 5.65 Å². The summed E-state index contributed by atoms with van der Waals surface area (Å²) in [6.07, 6.45) is -3.31. The van der Waals surface area contributed by atoms with E-state index in [1.807, 2.05) is 0 Å². The second-order valence-corrected chi connectivity index (χ2v) is 7.12. The Labute approximate surface area is 183 Å². The molecule has 0 aliphatic carbocycles. The lowest BCUT2D eigenvalue weighted by Crippen LogP contribution is -2.19. The topological polar surface area (TPSA) is 84.3 Å². The maximum atomic E-state index is 13.9. The number of benzene rings is 1. The number of H-pyrrole nitrogens is 1. The number of rotatable bonds is 5. The van der Waals surface area contributed by atoms with Gasteiger partial charge < -0.3 is 10.1 Å². The van der Waals surface area contributed by atoms with Gasteiger partial charge in [0.25, 0.3) is 5.91 Å². The second-order valence-electron chi connectivity index (χ2n) is 7.12. The summed E-state index contributed by atoms with van der Waals surface area (Å²) in [5.41, 5.74) is -1.69. The zero-order valence-corrected chi connectivity index (χ0v) is 17.2. The van der Waals surface area contributed by atoms with Crippen molar-refractivity contribution in [2.45, 2.75) is 26.6 Å². The summed E-state index contributed by atoms with van der Waals surface area (Å²) in [4.78, 5) is 17.2. The van der Waals surface area contributed by atoms with Crippen molar-refractivity contribution in [3.05, 3.63) is 76.5 Å². The molecule has 1 aromatic carbocycles. The molecule has 1 amide bonds. The monoisotopic (exact) mass is 465 g/mol. The largest absolute Gasteiger partial charge is 0.485 e. The molecule has 0 unspecified atom stereocenters. The van der Waals surface area contributed by atoms with E-state index in [4.69, 9.17) is 4.74 Å². The van der Waals surface area contributed by atoms with E-state index in [9.17, 15) is 26.7 Å². The van der Waals surface area contributed by atoms with E-state index in [0.717, 1.165) is 12.1 Å². The van der Waals surface area contributed by atoms with Crippen LogP contribution in [0, 0.1) is 25.5 Å². The minimum atomic E-state index is -4.77. The Bertz CT molecular complexity index is 1340. The predicted molar refractivity (Wildman–Crippen MR) is 107 cm³/mol. The van der Waals surface area contributed by atoms with Crippen LogP contribution in [0.5, 0.6) is 5.75 Å². The molecule has 7 nitrogen and oxygen atoms in total. The molecule has 0 atom stereocenters. The number of fused-ring (bicyclic) bond motifs is 1. The van der Waals surface area contributed by atoms with Crippen molar-refractivity contribution in [3.8, 4) is 5.75 Å². The van der Waals surface area contributed by atoms with E-state index < -0.39 is 41.7 Å².